The summed E-state index contributed by atoms with van der Waals surface area (Å²) in [5, 5.41) is 5.55. The van der Waals surface area contributed by atoms with Gasteiger partial charge in [0.05, 0.1) is 5.69 Å². The molecule has 4 rings (SSSR count). The molecule has 31 heavy (non-hydrogen) atoms. The lowest BCUT2D eigenvalue weighted by Gasteiger charge is -2.18. The number of likely N-dealkylation sites (N-methyl/N-ethyl adjacent to an activating group) is 1. The third-order valence-corrected chi connectivity index (χ3v) is 5.58. The summed E-state index contributed by atoms with van der Waals surface area (Å²) in [5.74, 6) is 0.163. The van der Waals surface area contributed by atoms with E-state index in [2.05, 4.69) is 20.1 Å². The Morgan fingerprint density at radius 2 is 1.68 bits per heavy atom. The number of rotatable bonds is 5. The molecule has 1 aromatic heterocycles. The molecule has 2 heterocycles. The van der Waals surface area contributed by atoms with Crippen LogP contribution >= 0.6 is 0 Å². The van der Waals surface area contributed by atoms with Gasteiger partial charge in [0.2, 0.25) is 5.91 Å². The van der Waals surface area contributed by atoms with Crippen molar-refractivity contribution in [1.82, 2.24) is 25.1 Å². The van der Waals surface area contributed by atoms with Crippen molar-refractivity contribution in [1.29, 1.82) is 0 Å². The number of imidazole rings is 1. The van der Waals surface area contributed by atoms with Gasteiger partial charge in [0.25, 0.3) is 5.91 Å². The number of nitrogens with one attached hydrogen (secondary N) is 2. The minimum absolute atomic E-state index is 0.273. The number of fused-ring (bicyclic) bond motifs is 1. The zero-order chi connectivity index (χ0) is 21.8. The van der Waals surface area contributed by atoms with E-state index in [0.29, 0.717) is 12.2 Å². The summed E-state index contributed by atoms with van der Waals surface area (Å²) in [5.41, 5.74) is 2.94. The number of carbonyl (C=O) groups is 2. The molecule has 0 bridgehead atoms. The molecule has 7 heteroatoms. The molecule has 1 aliphatic rings. The molecule has 2 aromatic carbocycles. The van der Waals surface area contributed by atoms with Crippen molar-refractivity contribution in [2.24, 2.45) is 0 Å². The SMILES string of the molecule is CNC(=O)C(NC(=O)c1nc(-c2ccccc2)n2c1CN(C)CCC2)c1ccccc1. The number of amides is 2. The predicted molar refractivity (Wildman–Crippen MR) is 119 cm³/mol. The monoisotopic (exact) mass is 417 g/mol. The van der Waals surface area contributed by atoms with E-state index in [9.17, 15) is 9.59 Å². The number of nitrogens with zero attached hydrogens (tertiary/aromatic N) is 3. The first-order chi connectivity index (χ1) is 15.1. The Kier molecular flexibility index (Phi) is 6.13. The summed E-state index contributed by atoms with van der Waals surface area (Å²) in [7, 11) is 3.61. The van der Waals surface area contributed by atoms with E-state index >= 15 is 0 Å². The van der Waals surface area contributed by atoms with Gasteiger partial charge < -0.3 is 20.1 Å². The van der Waals surface area contributed by atoms with Crippen molar-refractivity contribution in [2.45, 2.75) is 25.6 Å². The highest BCUT2D eigenvalue weighted by Gasteiger charge is 2.29. The molecular weight excluding hydrogens is 390 g/mol. The van der Waals surface area contributed by atoms with Crippen LogP contribution in [-0.4, -0.2) is 46.9 Å². The molecule has 2 N–H and O–H groups in total. The Labute approximate surface area is 182 Å². The molecule has 0 spiro atoms. The van der Waals surface area contributed by atoms with Crippen LogP contribution in [0.1, 0.15) is 34.2 Å². The fourth-order valence-electron chi connectivity index (χ4n) is 4.00. The lowest BCUT2D eigenvalue weighted by molar-refractivity contribution is -0.122. The fraction of sp³-hybridized carbons (Fsp3) is 0.292. The van der Waals surface area contributed by atoms with Crippen molar-refractivity contribution < 1.29 is 9.59 Å². The largest absolute Gasteiger partial charge is 0.357 e. The van der Waals surface area contributed by atoms with E-state index < -0.39 is 6.04 Å². The standard InChI is InChI=1S/C24H27N5O2/c1-25-23(30)20(17-10-5-3-6-11-17)27-24(31)21-19-16-28(2)14-9-15-29(19)22(26-21)18-12-7-4-8-13-18/h3-8,10-13,20H,9,14-16H2,1-2H3,(H,25,30)(H,27,31). The molecule has 1 atom stereocenters. The smallest absolute Gasteiger partial charge is 0.272 e. The normalized spacial score (nSPS) is 14.9. The lowest BCUT2D eigenvalue weighted by atomic mass is 10.1. The van der Waals surface area contributed by atoms with Gasteiger partial charge in [0.15, 0.2) is 5.69 Å². The predicted octanol–water partition coefficient (Wildman–Crippen LogP) is 2.60. The van der Waals surface area contributed by atoms with Gasteiger partial charge >= 0.3 is 0 Å². The number of aromatic nitrogens is 2. The maximum atomic E-state index is 13.4. The lowest BCUT2D eigenvalue weighted by Crippen LogP contribution is -2.39. The zero-order valence-corrected chi connectivity index (χ0v) is 17.8. The van der Waals surface area contributed by atoms with Crippen LogP contribution in [0.2, 0.25) is 0 Å². The van der Waals surface area contributed by atoms with Gasteiger partial charge in [-0.15, -0.1) is 0 Å². The number of benzene rings is 2. The maximum Gasteiger partial charge on any atom is 0.272 e. The average molecular weight is 418 g/mol. The van der Waals surface area contributed by atoms with Gasteiger partial charge in [-0.25, -0.2) is 4.98 Å². The first kappa shape index (κ1) is 20.8. The van der Waals surface area contributed by atoms with Crippen molar-refractivity contribution in [3.05, 3.63) is 77.6 Å². The van der Waals surface area contributed by atoms with E-state index in [1.54, 1.807) is 7.05 Å². The van der Waals surface area contributed by atoms with Crippen LogP contribution in [0, 0.1) is 0 Å². The Morgan fingerprint density at radius 1 is 1.00 bits per heavy atom. The molecule has 0 radical (unpaired) electrons. The zero-order valence-electron chi connectivity index (χ0n) is 17.8. The number of carbonyl (C=O) groups excluding carboxylic acids is 2. The molecule has 3 aromatic rings. The fourth-order valence-corrected chi connectivity index (χ4v) is 4.00. The van der Waals surface area contributed by atoms with E-state index in [4.69, 9.17) is 4.98 Å². The van der Waals surface area contributed by atoms with Gasteiger partial charge in [-0.1, -0.05) is 60.7 Å². The van der Waals surface area contributed by atoms with Gasteiger partial charge in [-0.05, 0) is 25.6 Å². The maximum absolute atomic E-state index is 13.4. The van der Waals surface area contributed by atoms with Gasteiger partial charge in [-0.2, -0.15) is 0 Å². The summed E-state index contributed by atoms with van der Waals surface area (Å²) in [6, 6.07) is 18.4. The highest BCUT2D eigenvalue weighted by molar-refractivity contribution is 5.98. The van der Waals surface area contributed by atoms with Crippen LogP contribution in [0.4, 0.5) is 0 Å². The molecule has 0 saturated heterocycles. The summed E-state index contributed by atoms with van der Waals surface area (Å²) in [6.07, 6.45) is 0.978. The molecule has 7 nitrogen and oxygen atoms in total. The molecule has 1 unspecified atom stereocenters. The Hall–Kier alpha value is -3.45. The molecule has 0 saturated carbocycles. The second-order valence-electron chi connectivity index (χ2n) is 7.77. The van der Waals surface area contributed by atoms with E-state index in [1.165, 1.54) is 0 Å². The second kappa shape index (κ2) is 9.14. The number of hydrogen-bond donors (Lipinski definition) is 2. The number of hydrogen-bond acceptors (Lipinski definition) is 4. The van der Waals surface area contributed by atoms with Crippen molar-refractivity contribution in [3.8, 4) is 11.4 Å². The Bertz CT molecular complexity index is 1060. The van der Waals surface area contributed by atoms with Crippen molar-refractivity contribution in [3.63, 3.8) is 0 Å². The molecule has 0 fully saturated rings. The van der Waals surface area contributed by atoms with Gasteiger partial charge in [0, 0.05) is 25.7 Å². The third-order valence-electron chi connectivity index (χ3n) is 5.58. The van der Waals surface area contributed by atoms with Gasteiger partial charge in [-0.3, -0.25) is 9.59 Å². The van der Waals surface area contributed by atoms with Crippen molar-refractivity contribution >= 4 is 11.8 Å². The van der Waals surface area contributed by atoms with Crippen molar-refractivity contribution in [2.75, 3.05) is 20.6 Å². The molecule has 1 aliphatic heterocycles. The first-order valence-electron chi connectivity index (χ1n) is 10.5. The highest BCUT2D eigenvalue weighted by atomic mass is 16.2. The average Bonchev–Trinajstić information content (AvgIpc) is 3.04. The summed E-state index contributed by atoms with van der Waals surface area (Å²) >= 11 is 0. The topological polar surface area (TPSA) is 79.3 Å². The van der Waals surface area contributed by atoms with Crippen LogP contribution in [0.3, 0.4) is 0 Å². The van der Waals surface area contributed by atoms with E-state index in [1.807, 2.05) is 67.7 Å². The molecular formula is C24H27N5O2. The summed E-state index contributed by atoms with van der Waals surface area (Å²) in [6.45, 7) is 2.36. The van der Waals surface area contributed by atoms with E-state index in [-0.39, 0.29) is 11.8 Å². The van der Waals surface area contributed by atoms with E-state index in [0.717, 1.165) is 42.2 Å². The van der Waals surface area contributed by atoms with Crippen LogP contribution in [0.15, 0.2) is 60.7 Å². The second-order valence-corrected chi connectivity index (χ2v) is 7.77. The van der Waals surface area contributed by atoms with Crippen LogP contribution in [0.25, 0.3) is 11.4 Å². The Balaban J connectivity index is 1.73. The first-order valence-corrected chi connectivity index (χ1v) is 10.5. The summed E-state index contributed by atoms with van der Waals surface area (Å²) in [4.78, 5) is 32.9. The minimum Gasteiger partial charge on any atom is -0.357 e. The molecule has 160 valence electrons. The quantitative estimate of drug-likeness (QED) is 0.669. The summed E-state index contributed by atoms with van der Waals surface area (Å²) < 4.78 is 2.14. The molecule has 0 aliphatic carbocycles. The van der Waals surface area contributed by atoms with Crippen LogP contribution in [-0.2, 0) is 17.9 Å². The Morgan fingerprint density at radius 3 is 2.35 bits per heavy atom. The highest BCUT2D eigenvalue weighted by Crippen LogP contribution is 2.26. The van der Waals surface area contributed by atoms with Crippen LogP contribution in [0.5, 0.6) is 0 Å². The van der Waals surface area contributed by atoms with Crippen LogP contribution < -0.4 is 10.6 Å². The van der Waals surface area contributed by atoms with Gasteiger partial charge in [0.1, 0.15) is 11.9 Å². The minimum atomic E-state index is -0.792. The third kappa shape index (κ3) is 4.36. The molecule has 2 amide bonds.